The van der Waals surface area contributed by atoms with Crippen LogP contribution in [0, 0.1) is 17.6 Å². The second-order valence-electron chi connectivity index (χ2n) is 4.46. The van der Waals surface area contributed by atoms with Crippen LogP contribution in [0.1, 0.15) is 18.1 Å². The van der Waals surface area contributed by atoms with Crippen molar-refractivity contribution >= 4 is 0 Å². The molecule has 0 spiro atoms. The van der Waals surface area contributed by atoms with Crippen LogP contribution in [0.2, 0.25) is 0 Å². The molecule has 0 saturated carbocycles. The van der Waals surface area contributed by atoms with Crippen molar-refractivity contribution in [2.24, 2.45) is 5.92 Å². The number of hydrogen-bond acceptors (Lipinski definition) is 3. The van der Waals surface area contributed by atoms with E-state index < -0.39 is 23.8 Å². The normalized spacial score (nSPS) is 26.8. The van der Waals surface area contributed by atoms with Gasteiger partial charge in [-0.25, -0.2) is 8.78 Å². The summed E-state index contributed by atoms with van der Waals surface area (Å²) in [6.45, 7) is 1.01. The number of aliphatic hydroxyl groups is 2. The van der Waals surface area contributed by atoms with E-state index in [0.717, 1.165) is 18.2 Å². The summed E-state index contributed by atoms with van der Waals surface area (Å²) < 4.78 is 26.0. The van der Waals surface area contributed by atoms with Crippen molar-refractivity contribution in [1.82, 2.24) is 5.32 Å². The molecule has 5 heteroatoms. The summed E-state index contributed by atoms with van der Waals surface area (Å²) in [5.74, 6) is -1.65. The van der Waals surface area contributed by atoms with Gasteiger partial charge in [-0.15, -0.1) is 0 Å². The summed E-state index contributed by atoms with van der Waals surface area (Å²) in [5.41, 5.74) is 0.211. The zero-order valence-corrected chi connectivity index (χ0v) is 9.24. The molecular weight excluding hydrogens is 228 g/mol. The highest BCUT2D eigenvalue weighted by atomic mass is 19.1. The average Bonchev–Trinajstić information content (AvgIpc) is 2.26. The lowest BCUT2D eigenvalue weighted by Crippen LogP contribution is -2.41. The van der Waals surface area contributed by atoms with E-state index >= 15 is 0 Å². The van der Waals surface area contributed by atoms with Crippen LogP contribution in [0.3, 0.4) is 0 Å². The lowest BCUT2D eigenvalue weighted by Gasteiger charge is -2.30. The number of rotatable bonds is 2. The zero-order valence-electron chi connectivity index (χ0n) is 9.24. The fourth-order valence-electron chi connectivity index (χ4n) is 2.21. The molecule has 1 aliphatic rings. The fourth-order valence-corrected chi connectivity index (χ4v) is 2.21. The van der Waals surface area contributed by atoms with Gasteiger partial charge in [-0.3, -0.25) is 0 Å². The maximum absolute atomic E-state index is 13.0. The SMILES string of the molecule is OC1CNCC(C(O)c2cc(F)cc(F)c2)C1. The van der Waals surface area contributed by atoms with Gasteiger partial charge in [-0.05, 0) is 24.1 Å². The van der Waals surface area contributed by atoms with Crippen molar-refractivity contribution in [2.75, 3.05) is 13.1 Å². The summed E-state index contributed by atoms with van der Waals surface area (Å²) in [5, 5.41) is 22.5. The van der Waals surface area contributed by atoms with Crippen LogP contribution >= 0.6 is 0 Å². The summed E-state index contributed by atoms with van der Waals surface area (Å²) in [6.07, 6.45) is -1.07. The van der Waals surface area contributed by atoms with E-state index in [0.29, 0.717) is 19.5 Å². The topological polar surface area (TPSA) is 52.5 Å². The van der Waals surface area contributed by atoms with Gasteiger partial charge in [-0.1, -0.05) is 0 Å². The molecule has 1 fully saturated rings. The first kappa shape index (κ1) is 12.4. The zero-order chi connectivity index (χ0) is 12.4. The minimum Gasteiger partial charge on any atom is -0.392 e. The highest BCUT2D eigenvalue weighted by Crippen LogP contribution is 2.28. The molecule has 2 rings (SSSR count). The molecule has 3 N–H and O–H groups in total. The van der Waals surface area contributed by atoms with Gasteiger partial charge in [0.15, 0.2) is 0 Å². The van der Waals surface area contributed by atoms with Crippen molar-refractivity contribution in [3.05, 3.63) is 35.4 Å². The molecule has 0 radical (unpaired) electrons. The number of halogens is 2. The Morgan fingerprint density at radius 3 is 2.41 bits per heavy atom. The van der Waals surface area contributed by atoms with Crippen LogP contribution in [0.4, 0.5) is 8.78 Å². The number of nitrogens with one attached hydrogen (secondary N) is 1. The fraction of sp³-hybridized carbons (Fsp3) is 0.500. The summed E-state index contributed by atoms with van der Waals surface area (Å²) in [6, 6.07) is 3.01. The number of aliphatic hydroxyl groups excluding tert-OH is 2. The van der Waals surface area contributed by atoms with Crippen molar-refractivity contribution in [2.45, 2.75) is 18.6 Å². The van der Waals surface area contributed by atoms with E-state index in [4.69, 9.17) is 0 Å². The Bertz CT molecular complexity index is 380. The molecule has 3 unspecified atom stereocenters. The molecule has 0 amide bonds. The predicted molar refractivity (Wildman–Crippen MR) is 58.3 cm³/mol. The smallest absolute Gasteiger partial charge is 0.126 e. The van der Waals surface area contributed by atoms with Gasteiger partial charge in [0.25, 0.3) is 0 Å². The van der Waals surface area contributed by atoms with Gasteiger partial charge >= 0.3 is 0 Å². The van der Waals surface area contributed by atoms with Gasteiger partial charge in [0, 0.05) is 25.1 Å². The average molecular weight is 243 g/mol. The Morgan fingerprint density at radius 2 is 1.82 bits per heavy atom. The van der Waals surface area contributed by atoms with Gasteiger partial charge < -0.3 is 15.5 Å². The molecule has 94 valence electrons. The predicted octanol–water partition coefficient (Wildman–Crippen LogP) is 0.969. The molecule has 0 aromatic heterocycles. The van der Waals surface area contributed by atoms with Gasteiger partial charge in [0.05, 0.1) is 12.2 Å². The second-order valence-corrected chi connectivity index (χ2v) is 4.46. The standard InChI is InChI=1S/C12H15F2NO2/c13-9-1-7(2-10(14)4-9)12(17)8-3-11(16)6-15-5-8/h1-2,4,8,11-12,15-17H,3,5-6H2. The van der Waals surface area contributed by atoms with Gasteiger partial charge in [0.1, 0.15) is 11.6 Å². The molecule has 17 heavy (non-hydrogen) atoms. The summed E-state index contributed by atoms with van der Waals surface area (Å²) in [4.78, 5) is 0. The minimum absolute atomic E-state index is 0.211. The molecular formula is C12H15F2NO2. The molecule has 1 aromatic carbocycles. The highest BCUT2D eigenvalue weighted by molar-refractivity contribution is 5.21. The molecule has 1 heterocycles. The van der Waals surface area contributed by atoms with Crippen molar-refractivity contribution < 1.29 is 19.0 Å². The van der Waals surface area contributed by atoms with E-state index in [-0.39, 0.29) is 11.5 Å². The second kappa shape index (κ2) is 5.08. The monoisotopic (exact) mass is 243 g/mol. The van der Waals surface area contributed by atoms with Crippen molar-refractivity contribution in [3.8, 4) is 0 Å². The molecule has 0 aliphatic carbocycles. The first-order chi connectivity index (χ1) is 8.06. The lowest BCUT2D eigenvalue weighted by molar-refractivity contribution is 0.0389. The van der Waals surface area contributed by atoms with Crippen LogP contribution in [0.5, 0.6) is 0 Å². The van der Waals surface area contributed by atoms with E-state index in [2.05, 4.69) is 5.32 Å². The highest BCUT2D eigenvalue weighted by Gasteiger charge is 2.27. The van der Waals surface area contributed by atoms with Gasteiger partial charge in [0.2, 0.25) is 0 Å². The number of hydrogen-bond donors (Lipinski definition) is 3. The Balaban J connectivity index is 2.15. The van der Waals surface area contributed by atoms with E-state index in [1.807, 2.05) is 0 Å². The van der Waals surface area contributed by atoms with Crippen LogP contribution < -0.4 is 5.32 Å². The minimum atomic E-state index is -0.970. The Kier molecular flexibility index (Phi) is 3.71. The summed E-state index contributed by atoms with van der Waals surface area (Å²) >= 11 is 0. The van der Waals surface area contributed by atoms with Crippen LogP contribution in [-0.4, -0.2) is 29.4 Å². The lowest BCUT2D eigenvalue weighted by atomic mass is 9.88. The number of piperidine rings is 1. The third-order valence-corrected chi connectivity index (χ3v) is 3.03. The molecule has 1 aromatic rings. The van der Waals surface area contributed by atoms with Crippen molar-refractivity contribution in [1.29, 1.82) is 0 Å². The third-order valence-electron chi connectivity index (χ3n) is 3.03. The van der Waals surface area contributed by atoms with Crippen molar-refractivity contribution in [3.63, 3.8) is 0 Å². The molecule has 0 bridgehead atoms. The van der Waals surface area contributed by atoms with Gasteiger partial charge in [-0.2, -0.15) is 0 Å². The largest absolute Gasteiger partial charge is 0.392 e. The quantitative estimate of drug-likeness (QED) is 0.725. The summed E-state index contributed by atoms with van der Waals surface area (Å²) in [7, 11) is 0. The Labute approximate surface area is 98.1 Å². The Hall–Kier alpha value is -1.04. The molecule has 3 atom stereocenters. The van der Waals surface area contributed by atoms with E-state index in [1.54, 1.807) is 0 Å². The maximum atomic E-state index is 13.0. The molecule has 3 nitrogen and oxygen atoms in total. The van der Waals surface area contributed by atoms with E-state index in [1.165, 1.54) is 0 Å². The molecule has 1 aliphatic heterocycles. The first-order valence-electron chi connectivity index (χ1n) is 5.59. The third kappa shape index (κ3) is 3.00. The Morgan fingerprint density at radius 1 is 1.18 bits per heavy atom. The molecule has 1 saturated heterocycles. The first-order valence-corrected chi connectivity index (χ1v) is 5.59. The number of benzene rings is 1. The van der Waals surface area contributed by atoms with E-state index in [9.17, 15) is 19.0 Å². The maximum Gasteiger partial charge on any atom is 0.126 e. The van der Waals surface area contributed by atoms with Crippen LogP contribution in [-0.2, 0) is 0 Å². The number of β-amino-alcohol motifs (C(OH)–C–C–N with tert-alkyl or cyclic N) is 1. The van der Waals surface area contributed by atoms with Crippen LogP contribution in [0.25, 0.3) is 0 Å². The van der Waals surface area contributed by atoms with Crippen LogP contribution in [0.15, 0.2) is 18.2 Å².